The number of hydrogen-bond acceptors (Lipinski definition) is 4. The molecule has 0 aliphatic rings. The van der Waals surface area contributed by atoms with Crippen LogP contribution in [0.15, 0.2) is 60.9 Å². The highest BCUT2D eigenvalue weighted by atomic mass is 35.5. The molecule has 0 spiro atoms. The monoisotopic (exact) mass is 343 g/mol. The lowest BCUT2D eigenvalue weighted by Crippen LogP contribution is -2.16. The zero-order chi connectivity index (χ0) is 16.9. The third-order valence-electron chi connectivity index (χ3n) is 3.53. The molecule has 3 aromatic rings. The molecular formula is C18H15ClFN3O. The molecule has 122 valence electrons. The Labute approximate surface area is 144 Å². The summed E-state index contributed by atoms with van der Waals surface area (Å²) in [6.07, 6.45) is 3.21. The van der Waals surface area contributed by atoms with Gasteiger partial charge in [-0.2, -0.15) is 0 Å². The third kappa shape index (κ3) is 3.88. The van der Waals surface area contributed by atoms with Crippen LogP contribution in [0.3, 0.4) is 0 Å². The summed E-state index contributed by atoms with van der Waals surface area (Å²) in [5.74, 6) is 0.189. The van der Waals surface area contributed by atoms with Gasteiger partial charge in [-0.25, -0.2) is 9.37 Å². The summed E-state index contributed by atoms with van der Waals surface area (Å²) in [5.41, 5.74) is 2.27. The maximum atomic E-state index is 13.0. The van der Waals surface area contributed by atoms with Crippen LogP contribution in [0.1, 0.15) is 11.6 Å². The van der Waals surface area contributed by atoms with Gasteiger partial charge in [0.1, 0.15) is 11.6 Å². The van der Waals surface area contributed by atoms with Gasteiger partial charge in [0.2, 0.25) is 0 Å². The van der Waals surface area contributed by atoms with Crippen LogP contribution in [-0.4, -0.2) is 21.7 Å². The number of halogens is 2. The second-order valence-corrected chi connectivity index (χ2v) is 5.67. The van der Waals surface area contributed by atoms with Gasteiger partial charge in [-0.1, -0.05) is 35.9 Å². The van der Waals surface area contributed by atoms with Crippen molar-refractivity contribution in [3.05, 3.63) is 77.3 Å². The van der Waals surface area contributed by atoms with E-state index in [-0.39, 0.29) is 12.4 Å². The van der Waals surface area contributed by atoms with Crippen molar-refractivity contribution in [1.29, 1.82) is 0 Å². The van der Waals surface area contributed by atoms with Gasteiger partial charge in [-0.05, 0) is 29.8 Å². The highest BCUT2D eigenvalue weighted by molar-refractivity contribution is 6.30. The van der Waals surface area contributed by atoms with Crippen molar-refractivity contribution in [1.82, 2.24) is 9.97 Å². The van der Waals surface area contributed by atoms with Crippen LogP contribution in [0.25, 0.3) is 11.3 Å². The number of aliphatic hydroxyl groups is 1. The number of nitrogens with zero attached hydrogens (tertiary/aromatic N) is 2. The fourth-order valence-electron chi connectivity index (χ4n) is 2.33. The summed E-state index contributed by atoms with van der Waals surface area (Å²) in [7, 11) is 0. The summed E-state index contributed by atoms with van der Waals surface area (Å²) in [6, 6.07) is 12.9. The molecule has 0 fully saturated rings. The van der Waals surface area contributed by atoms with E-state index >= 15 is 0 Å². The summed E-state index contributed by atoms with van der Waals surface area (Å²) in [6.45, 7) is -0.158. The molecule has 0 amide bonds. The third-order valence-corrected chi connectivity index (χ3v) is 3.77. The van der Waals surface area contributed by atoms with Crippen molar-refractivity contribution in [2.75, 3.05) is 11.9 Å². The zero-order valence-electron chi connectivity index (χ0n) is 12.7. The average molecular weight is 344 g/mol. The molecule has 0 aliphatic heterocycles. The first-order valence-electron chi connectivity index (χ1n) is 7.36. The number of hydrogen-bond donors (Lipinski definition) is 2. The van der Waals surface area contributed by atoms with Crippen LogP contribution in [0, 0.1) is 5.82 Å². The maximum Gasteiger partial charge on any atom is 0.145 e. The summed E-state index contributed by atoms with van der Waals surface area (Å²) < 4.78 is 13.0. The van der Waals surface area contributed by atoms with Gasteiger partial charge in [0, 0.05) is 10.6 Å². The largest absolute Gasteiger partial charge is 0.394 e. The van der Waals surface area contributed by atoms with Crippen molar-refractivity contribution >= 4 is 17.4 Å². The first kappa shape index (κ1) is 16.4. The van der Waals surface area contributed by atoms with Crippen LogP contribution in [0.5, 0.6) is 0 Å². The molecule has 0 bridgehead atoms. The predicted molar refractivity (Wildman–Crippen MR) is 92.3 cm³/mol. The van der Waals surface area contributed by atoms with E-state index in [9.17, 15) is 9.50 Å². The summed E-state index contributed by atoms with van der Waals surface area (Å²) in [4.78, 5) is 8.67. The molecule has 24 heavy (non-hydrogen) atoms. The standard InChI is InChI=1S/C18H15ClFN3O/c19-14-3-1-2-13(8-14)16-9-21-10-18(22-16)23-17(11-24)12-4-6-15(20)7-5-12/h1-10,17,24H,11H2,(H,22,23). The lowest BCUT2D eigenvalue weighted by molar-refractivity contribution is 0.276. The number of benzene rings is 2. The zero-order valence-corrected chi connectivity index (χ0v) is 13.4. The van der Waals surface area contributed by atoms with Crippen molar-refractivity contribution in [3.8, 4) is 11.3 Å². The molecule has 3 rings (SSSR count). The smallest absolute Gasteiger partial charge is 0.145 e. The lowest BCUT2D eigenvalue weighted by atomic mass is 10.1. The SMILES string of the molecule is OCC(Nc1cncc(-c2cccc(Cl)c2)n1)c1ccc(F)cc1. The second kappa shape index (κ2) is 7.38. The molecule has 0 radical (unpaired) electrons. The van der Waals surface area contributed by atoms with Gasteiger partial charge in [0.15, 0.2) is 0 Å². The number of anilines is 1. The van der Waals surface area contributed by atoms with E-state index < -0.39 is 6.04 Å². The normalized spacial score (nSPS) is 12.0. The predicted octanol–water partition coefficient (Wildman–Crippen LogP) is 4.08. The molecule has 0 saturated carbocycles. The van der Waals surface area contributed by atoms with Crippen LogP contribution in [0.2, 0.25) is 5.02 Å². The molecule has 6 heteroatoms. The molecule has 1 unspecified atom stereocenters. The van der Waals surface area contributed by atoms with Crippen LogP contribution in [0.4, 0.5) is 10.2 Å². The van der Waals surface area contributed by atoms with Crippen molar-refractivity contribution in [2.24, 2.45) is 0 Å². The Morgan fingerprint density at radius 3 is 2.62 bits per heavy atom. The lowest BCUT2D eigenvalue weighted by Gasteiger charge is -2.17. The fraction of sp³-hybridized carbons (Fsp3) is 0.111. The Morgan fingerprint density at radius 1 is 1.12 bits per heavy atom. The highest BCUT2D eigenvalue weighted by Gasteiger charge is 2.12. The molecule has 0 saturated heterocycles. The summed E-state index contributed by atoms with van der Waals surface area (Å²) >= 11 is 6.01. The van der Waals surface area contributed by atoms with Crippen molar-refractivity contribution in [3.63, 3.8) is 0 Å². The van der Waals surface area contributed by atoms with E-state index in [4.69, 9.17) is 11.6 Å². The Kier molecular flexibility index (Phi) is 5.03. The van der Waals surface area contributed by atoms with Crippen molar-refractivity contribution < 1.29 is 9.50 Å². The minimum Gasteiger partial charge on any atom is -0.394 e. The first-order chi connectivity index (χ1) is 11.7. The van der Waals surface area contributed by atoms with E-state index in [0.29, 0.717) is 16.5 Å². The second-order valence-electron chi connectivity index (χ2n) is 5.23. The molecular weight excluding hydrogens is 329 g/mol. The molecule has 1 aromatic heterocycles. The fourth-order valence-corrected chi connectivity index (χ4v) is 2.52. The molecule has 2 aromatic carbocycles. The Balaban J connectivity index is 1.84. The number of nitrogens with one attached hydrogen (secondary N) is 1. The number of rotatable bonds is 5. The van der Waals surface area contributed by atoms with Gasteiger partial charge in [0.25, 0.3) is 0 Å². The van der Waals surface area contributed by atoms with E-state index in [1.54, 1.807) is 36.7 Å². The van der Waals surface area contributed by atoms with E-state index in [2.05, 4.69) is 15.3 Å². The average Bonchev–Trinajstić information content (AvgIpc) is 2.61. The van der Waals surface area contributed by atoms with Crippen LogP contribution >= 0.6 is 11.6 Å². The minimum absolute atomic E-state index is 0.158. The molecule has 4 nitrogen and oxygen atoms in total. The maximum absolute atomic E-state index is 13.0. The van der Waals surface area contributed by atoms with Gasteiger partial charge >= 0.3 is 0 Å². The minimum atomic E-state index is -0.408. The van der Waals surface area contributed by atoms with Crippen LogP contribution in [-0.2, 0) is 0 Å². The van der Waals surface area contributed by atoms with Gasteiger partial charge in [-0.3, -0.25) is 4.98 Å². The first-order valence-corrected chi connectivity index (χ1v) is 7.74. The van der Waals surface area contributed by atoms with Crippen molar-refractivity contribution in [2.45, 2.75) is 6.04 Å². The van der Waals surface area contributed by atoms with Crippen LogP contribution < -0.4 is 5.32 Å². The molecule has 0 aliphatic carbocycles. The molecule has 1 atom stereocenters. The Hall–Kier alpha value is -2.50. The van der Waals surface area contributed by atoms with E-state index in [1.807, 2.05) is 12.1 Å². The summed E-state index contributed by atoms with van der Waals surface area (Å²) in [5, 5.41) is 13.3. The molecule has 2 N–H and O–H groups in total. The topological polar surface area (TPSA) is 58.0 Å². The van der Waals surface area contributed by atoms with Gasteiger partial charge in [0.05, 0.1) is 30.7 Å². The molecule has 1 heterocycles. The Bertz CT molecular complexity index is 827. The highest BCUT2D eigenvalue weighted by Crippen LogP contribution is 2.23. The Morgan fingerprint density at radius 2 is 1.92 bits per heavy atom. The van der Waals surface area contributed by atoms with Gasteiger partial charge < -0.3 is 10.4 Å². The van der Waals surface area contributed by atoms with E-state index in [1.165, 1.54) is 12.1 Å². The quantitative estimate of drug-likeness (QED) is 0.733. The number of aliphatic hydroxyl groups excluding tert-OH is 1. The van der Waals surface area contributed by atoms with Gasteiger partial charge in [-0.15, -0.1) is 0 Å². The van der Waals surface area contributed by atoms with E-state index in [0.717, 1.165) is 11.1 Å². The number of aromatic nitrogens is 2.